The summed E-state index contributed by atoms with van der Waals surface area (Å²) in [7, 11) is 1.52. The number of hydrogen-bond acceptors (Lipinski definition) is 5. The molecular weight excluding hydrogens is 188 g/mol. The molecule has 0 aliphatic carbocycles. The summed E-state index contributed by atoms with van der Waals surface area (Å²) in [5, 5.41) is 0. The molecule has 14 heavy (non-hydrogen) atoms. The Morgan fingerprint density at radius 2 is 2.00 bits per heavy atom. The molecule has 2 fully saturated rings. The molecule has 2 heterocycles. The van der Waals surface area contributed by atoms with E-state index in [9.17, 15) is 4.79 Å². The van der Waals surface area contributed by atoms with Crippen molar-refractivity contribution < 1.29 is 23.7 Å². The molecule has 0 saturated carbocycles. The molecule has 5 nitrogen and oxygen atoms in total. The Morgan fingerprint density at radius 1 is 1.29 bits per heavy atom. The second kappa shape index (κ2) is 3.49. The average Bonchev–Trinajstić information content (AvgIpc) is 2.88. The highest BCUT2D eigenvalue weighted by atomic mass is 16.7. The third-order valence-electron chi connectivity index (χ3n) is 2.50. The Labute approximate surface area is 82.3 Å². The number of fused-ring (bicyclic) bond motifs is 1. The molecule has 5 heteroatoms. The number of hydrogen-bond donors (Lipinski definition) is 0. The summed E-state index contributed by atoms with van der Waals surface area (Å²) < 4.78 is 21.0. The molecule has 2 aliphatic rings. The Balaban J connectivity index is 2.02. The molecule has 80 valence electrons. The van der Waals surface area contributed by atoms with E-state index in [4.69, 9.17) is 18.9 Å². The lowest BCUT2D eigenvalue weighted by Crippen LogP contribution is -2.47. The van der Waals surface area contributed by atoms with Gasteiger partial charge in [-0.15, -0.1) is 0 Å². The summed E-state index contributed by atoms with van der Waals surface area (Å²) in [5.41, 5.74) is 0. The van der Waals surface area contributed by atoms with Crippen molar-refractivity contribution in [3.63, 3.8) is 0 Å². The van der Waals surface area contributed by atoms with E-state index in [1.165, 1.54) is 14.0 Å². The first-order valence-electron chi connectivity index (χ1n) is 4.64. The molecule has 0 aromatic heterocycles. The lowest BCUT2D eigenvalue weighted by molar-refractivity contribution is -0.225. The van der Waals surface area contributed by atoms with E-state index in [0.717, 1.165) is 0 Å². The Bertz CT molecular complexity index is 241. The van der Waals surface area contributed by atoms with Crippen LogP contribution in [-0.2, 0) is 23.7 Å². The fraction of sp³-hybridized carbons (Fsp3) is 0.889. The molecule has 0 spiro atoms. The maximum Gasteiger partial charge on any atom is 0.303 e. The Kier molecular flexibility index (Phi) is 2.47. The van der Waals surface area contributed by atoms with Gasteiger partial charge in [0.15, 0.2) is 12.4 Å². The molecule has 0 amide bonds. The van der Waals surface area contributed by atoms with E-state index in [2.05, 4.69) is 0 Å². The number of carbonyl (C=O) groups is 1. The first kappa shape index (κ1) is 9.89. The standard InChI is InChI=1S/C9H14O5/c1-4-6-7(14-6)8(13-5(2)10)9(11-3)12-4/h4,6-9H,1-3H3/t4-,6-,7+,8-,9+/m0/s1. The van der Waals surface area contributed by atoms with Crippen molar-refractivity contribution in [3.8, 4) is 0 Å². The molecule has 2 rings (SSSR count). The number of rotatable bonds is 2. The largest absolute Gasteiger partial charge is 0.454 e. The van der Waals surface area contributed by atoms with Crippen molar-refractivity contribution in [2.75, 3.05) is 7.11 Å². The van der Waals surface area contributed by atoms with Crippen LogP contribution in [-0.4, -0.2) is 43.8 Å². The van der Waals surface area contributed by atoms with Gasteiger partial charge in [0, 0.05) is 14.0 Å². The highest BCUT2D eigenvalue weighted by Crippen LogP contribution is 2.38. The summed E-state index contributed by atoms with van der Waals surface area (Å²) in [5.74, 6) is -0.343. The van der Waals surface area contributed by atoms with Crippen molar-refractivity contribution in [1.29, 1.82) is 0 Å². The highest BCUT2D eigenvalue weighted by molar-refractivity contribution is 5.66. The lowest BCUT2D eigenvalue weighted by atomic mass is 10.1. The second-order valence-corrected chi connectivity index (χ2v) is 3.58. The van der Waals surface area contributed by atoms with Gasteiger partial charge in [0.05, 0.1) is 6.10 Å². The van der Waals surface area contributed by atoms with Crippen LogP contribution in [0.1, 0.15) is 13.8 Å². The normalized spacial score (nSPS) is 45.5. The minimum Gasteiger partial charge on any atom is -0.454 e. The fourth-order valence-corrected chi connectivity index (χ4v) is 1.80. The van der Waals surface area contributed by atoms with Crippen molar-refractivity contribution in [2.45, 2.75) is 44.6 Å². The predicted molar refractivity (Wildman–Crippen MR) is 45.6 cm³/mol. The summed E-state index contributed by atoms with van der Waals surface area (Å²) in [4.78, 5) is 10.8. The third kappa shape index (κ3) is 1.63. The summed E-state index contributed by atoms with van der Waals surface area (Å²) in [6.07, 6.45) is -0.966. The maximum atomic E-state index is 10.8. The molecule has 0 radical (unpaired) electrons. The van der Waals surface area contributed by atoms with Crippen molar-refractivity contribution >= 4 is 5.97 Å². The number of esters is 1. The first-order valence-corrected chi connectivity index (χ1v) is 4.64. The van der Waals surface area contributed by atoms with E-state index in [1.54, 1.807) is 0 Å². The maximum absolute atomic E-state index is 10.8. The molecule has 0 unspecified atom stereocenters. The zero-order valence-corrected chi connectivity index (χ0v) is 8.43. The number of ether oxygens (including phenoxy) is 4. The van der Waals surface area contributed by atoms with Gasteiger partial charge in [0.1, 0.15) is 12.2 Å². The second-order valence-electron chi connectivity index (χ2n) is 3.58. The number of epoxide rings is 1. The van der Waals surface area contributed by atoms with Gasteiger partial charge < -0.3 is 18.9 Å². The topological polar surface area (TPSA) is 57.3 Å². The van der Waals surface area contributed by atoms with Gasteiger partial charge in [-0.1, -0.05) is 0 Å². The molecule has 2 saturated heterocycles. The van der Waals surface area contributed by atoms with E-state index < -0.39 is 12.4 Å². The molecule has 0 aromatic carbocycles. The van der Waals surface area contributed by atoms with Gasteiger partial charge in [-0.3, -0.25) is 4.79 Å². The summed E-state index contributed by atoms with van der Waals surface area (Å²) in [6.45, 7) is 3.28. The number of carbonyl (C=O) groups excluding carboxylic acids is 1. The monoisotopic (exact) mass is 202 g/mol. The van der Waals surface area contributed by atoms with Gasteiger partial charge >= 0.3 is 5.97 Å². The lowest BCUT2D eigenvalue weighted by Gasteiger charge is -2.30. The minimum atomic E-state index is -0.516. The van der Waals surface area contributed by atoms with E-state index in [0.29, 0.717) is 0 Å². The van der Waals surface area contributed by atoms with Gasteiger partial charge in [-0.05, 0) is 6.92 Å². The van der Waals surface area contributed by atoms with Crippen LogP contribution in [0.25, 0.3) is 0 Å². The molecule has 0 N–H and O–H groups in total. The summed E-state index contributed by atoms with van der Waals surface area (Å²) >= 11 is 0. The van der Waals surface area contributed by atoms with Gasteiger partial charge in [-0.25, -0.2) is 0 Å². The minimum absolute atomic E-state index is 0.00300. The third-order valence-corrected chi connectivity index (χ3v) is 2.50. The molecular formula is C9H14O5. The quantitative estimate of drug-likeness (QED) is 0.468. The van der Waals surface area contributed by atoms with Crippen LogP contribution in [0.5, 0.6) is 0 Å². The Hall–Kier alpha value is -0.650. The SMILES string of the molecule is CO[C@@H]1O[C@@H](C)[C@@H]2O[C@H]2[C@@H]1OC(C)=O. The van der Waals surface area contributed by atoms with Crippen LogP contribution < -0.4 is 0 Å². The molecule has 0 aromatic rings. The van der Waals surface area contributed by atoms with Crippen LogP contribution in [0.15, 0.2) is 0 Å². The van der Waals surface area contributed by atoms with Crippen LogP contribution in [0.2, 0.25) is 0 Å². The first-order chi connectivity index (χ1) is 6.63. The Morgan fingerprint density at radius 3 is 2.57 bits per heavy atom. The van der Waals surface area contributed by atoms with Gasteiger partial charge in [0.2, 0.25) is 0 Å². The zero-order chi connectivity index (χ0) is 10.3. The van der Waals surface area contributed by atoms with Gasteiger partial charge in [0.25, 0.3) is 0 Å². The molecule has 5 atom stereocenters. The zero-order valence-electron chi connectivity index (χ0n) is 8.43. The van der Waals surface area contributed by atoms with Crippen molar-refractivity contribution in [1.82, 2.24) is 0 Å². The van der Waals surface area contributed by atoms with E-state index >= 15 is 0 Å². The molecule has 0 bridgehead atoms. The molecule has 2 aliphatic heterocycles. The smallest absolute Gasteiger partial charge is 0.303 e. The fourth-order valence-electron chi connectivity index (χ4n) is 1.80. The van der Waals surface area contributed by atoms with Crippen molar-refractivity contribution in [3.05, 3.63) is 0 Å². The number of methoxy groups -OCH3 is 1. The highest BCUT2D eigenvalue weighted by Gasteiger charge is 2.58. The van der Waals surface area contributed by atoms with Crippen LogP contribution in [0.3, 0.4) is 0 Å². The van der Waals surface area contributed by atoms with Crippen LogP contribution >= 0.6 is 0 Å². The van der Waals surface area contributed by atoms with E-state index in [-0.39, 0.29) is 24.3 Å². The average molecular weight is 202 g/mol. The van der Waals surface area contributed by atoms with Crippen LogP contribution in [0, 0.1) is 0 Å². The van der Waals surface area contributed by atoms with E-state index in [1.807, 2.05) is 6.92 Å². The van der Waals surface area contributed by atoms with Crippen molar-refractivity contribution in [2.24, 2.45) is 0 Å². The van der Waals surface area contributed by atoms with Gasteiger partial charge in [-0.2, -0.15) is 0 Å². The summed E-state index contributed by atoms with van der Waals surface area (Å²) in [6, 6.07) is 0. The van der Waals surface area contributed by atoms with Crippen LogP contribution in [0.4, 0.5) is 0 Å². The predicted octanol–water partition coefficient (Wildman–Crippen LogP) is 0.0767.